The van der Waals surface area contributed by atoms with Crippen molar-refractivity contribution in [2.75, 3.05) is 11.9 Å². The van der Waals surface area contributed by atoms with E-state index in [-0.39, 0.29) is 5.91 Å². The summed E-state index contributed by atoms with van der Waals surface area (Å²) >= 11 is 3.50. The lowest BCUT2D eigenvalue weighted by molar-refractivity contribution is 0.0992. The molecule has 0 saturated heterocycles. The number of hydrogen-bond donors (Lipinski definition) is 0. The van der Waals surface area contributed by atoms with Crippen LogP contribution in [0.15, 0.2) is 46.9 Å². The standard InChI is InChI=1S/C17H18BrNO/c1-4-13-8-10-14(11-9-13)19(3)17(20)15-7-5-6-12(2)16(15)18/h5-11H,4H2,1-3H3. The topological polar surface area (TPSA) is 20.3 Å². The summed E-state index contributed by atoms with van der Waals surface area (Å²) < 4.78 is 0.863. The van der Waals surface area contributed by atoms with E-state index in [1.807, 2.05) is 37.3 Å². The van der Waals surface area contributed by atoms with E-state index in [1.54, 1.807) is 11.9 Å². The minimum absolute atomic E-state index is 0.00942. The fourth-order valence-corrected chi connectivity index (χ4v) is 2.50. The summed E-state index contributed by atoms with van der Waals surface area (Å²) in [5, 5.41) is 0. The Bertz CT molecular complexity index is 619. The summed E-state index contributed by atoms with van der Waals surface area (Å²) in [6, 6.07) is 13.8. The van der Waals surface area contributed by atoms with E-state index in [1.165, 1.54) is 5.56 Å². The van der Waals surface area contributed by atoms with Crippen LogP contribution in [0.1, 0.15) is 28.4 Å². The van der Waals surface area contributed by atoms with Gasteiger partial charge in [-0.15, -0.1) is 0 Å². The van der Waals surface area contributed by atoms with Gasteiger partial charge in [-0.25, -0.2) is 0 Å². The molecule has 0 aliphatic heterocycles. The zero-order chi connectivity index (χ0) is 14.7. The SMILES string of the molecule is CCc1ccc(N(C)C(=O)c2cccc(C)c2Br)cc1. The summed E-state index contributed by atoms with van der Waals surface area (Å²) in [4.78, 5) is 14.2. The number of anilines is 1. The molecule has 0 spiro atoms. The highest BCUT2D eigenvalue weighted by atomic mass is 79.9. The van der Waals surface area contributed by atoms with Crippen molar-refractivity contribution < 1.29 is 4.79 Å². The number of rotatable bonds is 3. The van der Waals surface area contributed by atoms with Crippen molar-refractivity contribution in [1.82, 2.24) is 0 Å². The highest BCUT2D eigenvalue weighted by Crippen LogP contribution is 2.24. The Hall–Kier alpha value is -1.61. The fourth-order valence-electron chi connectivity index (χ4n) is 2.07. The highest BCUT2D eigenvalue weighted by Gasteiger charge is 2.16. The van der Waals surface area contributed by atoms with E-state index in [2.05, 4.69) is 35.0 Å². The van der Waals surface area contributed by atoms with Crippen molar-refractivity contribution in [3.05, 3.63) is 63.6 Å². The van der Waals surface area contributed by atoms with Crippen molar-refractivity contribution in [1.29, 1.82) is 0 Å². The van der Waals surface area contributed by atoms with Gasteiger partial charge in [0.1, 0.15) is 0 Å². The average Bonchev–Trinajstić information content (AvgIpc) is 2.48. The van der Waals surface area contributed by atoms with E-state index in [4.69, 9.17) is 0 Å². The van der Waals surface area contributed by atoms with Gasteiger partial charge in [0.2, 0.25) is 0 Å². The van der Waals surface area contributed by atoms with E-state index < -0.39 is 0 Å². The van der Waals surface area contributed by atoms with Crippen LogP contribution in [0.5, 0.6) is 0 Å². The Balaban J connectivity index is 2.29. The van der Waals surface area contributed by atoms with Crippen molar-refractivity contribution in [2.24, 2.45) is 0 Å². The van der Waals surface area contributed by atoms with Gasteiger partial charge in [0.15, 0.2) is 0 Å². The molecule has 0 atom stereocenters. The second kappa shape index (κ2) is 6.23. The molecule has 0 heterocycles. The van der Waals surface area contributed by atoms with Gasteiger partial charge in [-0.05, 0) is 58.6 Å². The van der Waals surface area contributed by atoms with Crippen LogP contribution in [0.2, 0.25) is 0 Å². The molecule has 0 fully saturated rings. The van der Waals surface area contributed by atoms with E-state index in [9.17, 15) is 4.79 Å². The Kier molecular flexibility index (Phi) is 4.61. The molecule has 104 valence electrons. The number of carbonyl (C=O) groups excluding carboxylic acids is 1. The molecule has 0 radical (unpaired) electrons. The van der Waals surface area contributed by atoms with Gasteiger partial charge in [0, 0.05) is 17.2 Å². The monoisotopic (exact) mass is 331 g/mol. The first-order valence-corrected chi connectivity index (χ1v) is 7.46. The summed E-state index contributed by atoms with van der Waals surface area (Å²) in [6.45, 7) is 4.10. The van der Waals surface area contributed by atoms with Gasteiger partial charge < -0.3 is 4.90 Å². The highest BCUT2D eigenvalue weighted by molar-refractivity contribution is 9.10. The number of nitrogens with zero attached hydrogens (tertiary/aromatic N) is 1. The van der Waals surface area contributed by atoms with Gasteiger partial charge >= 0.3 is 0 Å². The van der Waals surface area contributed by atoms with Gasteiger partial charge in [-0.1, -0.05) is 31.2 Å². The van der Waals surface area contributed by atoms with E-state index >= 15 is 0 Å². The third-order valence-electron chi connectivity index (χ3n) is 3.46. The molecule has 2 aromatic carbocycles. The number of halogens is 1. The smallest absolute Gasteiger partial charge is 0.259 e. The van der Waals surface area contributed by atoms with E-state index in [0.29, 0.717) is 5.56 Å². The minimum atomic E-state index is -0.00942. The zero-order valence-electron chi connectivity index (χ0n) is 12.0. The Labute approximate surface area is 128 Å². The normalized spacial score (nSPS) is 10.4. The van der Waals surface area contributed by atoms with Crippen LogP contribution < -0.4 is 4.90 Å². The molecular weight excluding hydrogens is 314 g/mol. The Morgan fingerprint density at radius 2 is 1.80 bits per heavy atom. The first kappa shape index (κ1) is 14.8. The van der Waals surface area contributed by atoms with Crippen molar-refractivity contribution >= 4 is 27.5 Å². The lowest BCUT2D eigenvalue weighted by atomic mass is 10.1. The van der Waals surface area contributed by atoms with Crippen LogP contribution in [0.3, 0.4) is 0 Å². The van der Waals surface area contributed by atoms with Crippen LogP contribution in [0.25, 0.3) is 0 Å². The van der Waals surface area contributed by atoms with Crippen LogP contribution >= 0.6 is 15.9 Å². The van der Waals surface area contributed by atoms with Crippen LogP contribution in [-0.2, 0) is 6.42 Å². The quantitative estimate of drug-likeness (QED) is 0.805. The largest absolute Gasteiger partial charge is 0.311 e. The molecular formula is C17H18BrNO. The number of aryl methyl sites for hydroxylation is 2. The molecule has 3 heteroatoms. The lowest BCUT2D eigenvalue weighted by Crippen LogP contribution is -2.26. The molecule has 20 heavy (non-hydrogen) atoms. The average molecular weight is 332 g/mol. The molecule has 0 aliphatic rings. The second-order valence-corrected chi connectivity index (χ2v) is 5.61. The number of carbonyl (C=O) groups is 1. The predicted octanol–water partition coefficient (Wildman–Crippen LogP) is 4.60. The molecule has 1 amide bonds. The van der Waals surface area contributed by atoms with Gasteiger partial charge in [0.05, 0.1) is 5.56 Å². The minimum Gasteiger partial charge on any atom is -0.311 e. The third kappa shape index (κ3) is 2.93. The molecule has 0 aromatic heterocycles. The summed E-state index contributed by atoms with van der Waals surface area (Å²) in [5.74, 6) is -0.00942. The van der Waals surface area contributed by atoms with Crippen molar-refractivity contribution in [2.45, 2.75) is 20.3 Å². The second-order valence-electron chi connectivity index (χ2n) is 4.82. The number of amides is 1. The van der Waals surface area contributed by atoms with Crippen LogP contribution in [-0.4, -0.2) is 13.0 Å². The molecule has 0 saturated carbocycles. The number of benzene rings is 2. The van der Waals surface area contributed by atoms with E-state index in [0.717, 1.165) is 22.1 Å². The predicted molar refractivity (Wildman–Crippen MR) is 87.4 cm³/mol. The molecule has 0 N–H and O–H groups in total. The van der Waals surface area contributed by atoms with Crippen molar-refractivity contribution in [3.63, 3.8) is 0 Å². The lowest BCUT2D eigenvalue weighted by Gasteiger charge is -2.19. The Morgan fingerprint density at radius 3 is 2.40 bits per heavy atom. The molecule has 2 aromatic rings. The maximum absolute atomic E-state index is 12.6. The fraction of sp³-hybridized carbons (Fsp3) is 0.235. The number of hydrogen-bond acceptors (Lipinski definition) is 1. The van der Waals surface area contributed by atoms with Crippen LogP contribution in [0.4, 0.5) is 5.69 Å². The molecule has 2 nitrogen and oxygen atoms in total. The summed E-state index contributed by atoms with van der Waals surface area (Å²) in [6.07, 6.45) is 1.00. The third-order valence-corrected chi connectivity index (χ3v) is 4.51. The Morgan fingerprint density at radius 1 is 1.15 bits per heavy atom. The van der Waals surface area contributed by atoms with Gasteiger partial charge in [-0.2, -0.15) is 0 Å². The zero-order valence-corrected chi connectivity index (χ0v) is 13.6. The molecule has 0 aliphatic carbocycles. The van der Waals surface area contributed by atoms with Gasteiger partial charge in [0.25, 0.3) is 5.91 Å². The molecule has 2 rings (SSSR count). The summed E-state index contributed by atoms with van der Waals surface area (Å²) in [7, 11) is 1.80. The first-order chi connectivity index (χ1) is 9.54. The van der Waals surface area contributed by atoms with Crippen LogP contribution in [0, 0.1) is 6.92 Å². The summed E-state index contributed by atoms with van der Waals surface area (Å²) in [5.41, 5.74) is 3.92. The van der Waals surface area contributed by atoms with Crippen molar-refractivity contribution in [3.8, 4) is 0 Å². The maximum Gasteiger partial charge on any atom is 0.259 e. The van der Waals surface area contributed by atoms with Gasteiger partial charge in [-0.3, -0.25) is 4.79 Å². The first-order valence-electron chi connectivity index (χ1n) is 6.66. The molecule has 0 unspecified atom stereocenters. The molecule has 0 bridgehead atoms. The maximum atomic E-state index is 12.6.